The lowest BCUT2D eigenvalue weighted by atomic mass is 9.85. The Hall–Kier alpha value is -5.61. The molecule has 4 fully saturated rings. The molecule has 3 N–H and O–H groups in total. The number of esters is 7. The molecule has 4 heterocycles. The van der Waals surface area contributed by atoms with E-state index in [1.54, 1.807) is 18.2 Å². The topological polar surface area (TPSA) is 318 Å². The number of aliphatic hydroxyl groups excluding tert-OH is 1. The van der Waals surface area contributed by atoms with Crippen molar-refractivity contribution < 1.29 is 110 Å². The van der Waals surface area contributed by atoms with Crippen LogP contribution in [-0.4, -0.2) is 185 Å². The molecule has 0 radical (unpaired) electrons. The van der Waals surface area contributed by atoms with Crippen LogP contribution < -0.4 is 10.6 Å². The van der Waals surface area contributed by atoms with Crippen LogP contribution in [0.1, 0.15) is 65.2 Å². The fourth-order valence-electron chi connectivity index (χ4n) is 8.41. The third kappa shape index (κ3) is 15.5. The van der Waals surface area contributed by atoms with Gasteiger partial charge in [0.15, 0.2) is 37.0 Å². The second-order valence-corrected chi connectivity index (χ2v) is 24.3. The van der Waals surface area contributed by atoms with Crippen LogP contribution in [-0.2, 0) is 99.9 Å². The predicted octanol–water partition coefficient (Wildman–Crippen LogP) is 0.121. The Morgan fingerprint density at radius 2 is 1.44 bits per heavy atom. The second kappa shape index (κ2) is 24.9. The van der Waals surface area contributed by atoms with Crippen LogP contribution in [0.15, 0.2) is 30.3 Å². The number of hydrogen-bond donors (Lipinski definition) is 3. The zero-order valence-corrected chi connectivity index (χ0v) is 42.6. The molecule has 1 spiro atoms. The van der Waals surface area contributed by atoms with E-state index in [9.17, 15) is 48.3 Å². The number of benzene rings is 1. The van der Waals surface area contributed by atoms with Gasteiger partial charge >= 0.3 is 41.8 Å². The molecule has 15 atom stereocenters. The van der Waals surface area contributed by atoms with Crippen LogP contribution in [0.3, 0.4) is 0 Å². The Bertz CT molecular complexity index is 2140. The van der Waals surface area contributed by atoms with Crippen LogP contribution in [0.5, 0.6) is 0 Å². The molecule has 1 aromatic carbocycles. The molecule has 0 aliphatic carbocycles. The molecule has 2 amide bonds. The van der Waals surface area contributed by atoms with Crippen molar-refractivity contribution in [2.75, 3.05) is 26.4 Å². The molecule has 4 saturated heterocycles. The van der Waals surface area contributed by atoms with Gasteiger partial charge in [-0.25, -0.2) is 4.79 Å². The van der Waals surface area contributed by atoms with E-state index in [-0.39, 0.29) is 12.2 Å². The van der Waals surface area contributed by atoms with Crippen molar-refractivity contribution in [3.8, 4) is 0 Å². The molecule has 0 unspecified atom stereocenters. The summed E-state index contributed by atoms with van der Waals surface area (Å²) in [5.74, 6) is -10.8. The Labute approximate surface area is 415 Å². The van der Waals surface area contributed by atoms with Gasteiger partial charge in [-0.15, -0.1) is 0 Å². The maximum atomic E-state index is 14.9. The van der Waals surface area contributed by atoms with Gasteiger partial charge in [0.25, 0.3) is 11.7 Å². The summed E-state index contributed by atoms with van der Waals surface area (Å²) in [7, 11) is -1.64. The summed E-state index contributed by atoms with van der Waals surface area (Å²) in [5, 5.41) is 17.3. The minimum Gasteiger partial charge on any atom is -0.463 e. The summed E-state index contributed by atoms with van der Waals surface area (Å²) in [6.07, 6.45) is -20.0. The molecular weight excluding hydrogens is 977 g/mol. The van der Waals surface area contributed by atoms with Crippen molar-refractivity contribution in [1.29, 1.82) is 0 Å². The molecular formula is C46H64N2O23Si. The first-order valence-electron chi connectivity index (χ1n) is 23.1. The van der Waals surface area contributed by atoms with Gasteiger partial charge in [0.05, 0.1) is 24.6 Å². The summed E-state index contributed by atoms with van der Waals surface area (Å²) in [5.41, 5.74) is 0.157. The van der Waals surface area contributed by atoms with Crippen LogP contribution in [0.2, 0.25) is 25.7 Å². The monoisotopic (exact) mass is 1040 g/mol. The molecule has 25 nitrogen and oxygen atoms in total. The lowest BCUT2D eigenvalue weighted by Gasteiger charge is -2.56. The van der Waals surface area contributed by atoms with E-state index in [2.05, 4.69) is 30.3 Å². The number of amides is 2. The predicted molar refractivity (Wildman–Crippen MR) is 241 cm³/mol. The Morgan fingerprint density at radius 3 is 2.03 bits per heavy atom. The molecule has 0 bridgehead atoms. The van der Waals surface area contributed by atoms with E-state index in [1.165, 1.54) is 12.1 Å². The molecule has 0 aromatic heterocycles. The first kappa shape index (κ1) is 57.3. The molecule has 4 aliphatic heterocycles. The molecule has 72 heavy (non-hydrogen) atoms. The molecule has 0 saturated carbocycles. The maximum Gasteiger partial charge on any atom is 0.338 e. The largest absolute Gasteiger partial charge is 0.463 e. The SMILES string of the molecule is CC(=O)N[C@@H]1[C@@H]([C@H](OC(C)=O)[C@@H](COC(C)=O)OC(C)=O)O[C@]2(C[C@H]1OC(C)=O)O[C@@H]1[C@@H](NC2=O)[C@H](O[C@@H]2CO[C@@H](OCC[Si](C)(C)C)[C@H](OC(=O)c3ccccc3)[C@H]2O)O[C@H](COC(C)=O)[C@@H]1OC(C)=O. The van der Waals surface area contributed by atoms with Crippen molar-refractivity contribution in [1.82, 2.24) is 10.6 Å². The van der Waals surface area contributed by atoms with Crippen LogP contribution in [0.4, 0.5) is 0 Å². The number of fused-ring (bicyclic) bond motifs is 1. The lowest BCUT2D eigenvalue weighted by Crippen LogP contribution is -2.78. The number of aliphatic hydroxyl groups is 1. The van der Waals surface area contributed by atoms with E-state index >= 15 is 0 Å². The number of carbonyl (C=O) groups is 9. The first-order valence-corrected chi connectivity index (χ1v) is 26.9. The van der Waals surface area contributed by atoms with Gasteiger partial charge in [-0.05, 0) is 18.2 Å². The average Bonchev–Trinajstić information content (AvgIpc) is 3.27. The highest BCUT2D eigenvalue weighted by molar-refractivity contribution is 6.76. The van der Waals surface area contributed by atoms with Gasteiger partial charge in [0, 0.05) is 63.1 Å². The van der Waals surface area contributed by atoms with Crippen molar-refractivity contribution in [3.63, 3.8) is 0 Å². The van der Waals surface area contributed by atoms with Crippen LogP contribution >= 0.6 is 0 Å². The third-order valence-corrected chi connectivity index (χ3v) is 13.2. The number of rotatable bonds is 19. The number of carbonyl (C=O) groups excluding carboxylic acids is 9. The van der Waals surface area contributed by atoms with Gasteiger partial charge in [0.2, 0.25) is 5.91 Å². The van der Waals surface area contributed by atoms with Crippen LogP contribution in [0, 0.1) is 0 Å². The summed E-state index contributed by atoms with van der Waals surface area (Å²) < 4.78 is 76.7. The van der Waals surface area contributed by atoms with E-state index in [0.717, 1.165) is 48.5 Å². The summed E-state index contributed by atoms with van der Waals surface area (Å²) >= 11 is 0. The average molecular weight is 1040 g/mol. The van der Waals surface area contributed by atoms with Gasteiger partial charge < -0.3 is 77.3 Å². The van der Waals surface area contributed by atoms with E-state index < -0.39 is 179 Å². The normalized spacial score (nSPS) is 31.0. The molecule has 5 rings (SSSR count). The fourth-order valence-corrected chi connectivity index (χ4v) is 9.14. The Kier molecular flexibility index (Phi) is 19.8. The Morgan fingerprint density at radius 1 is 0.792 bits per heavy atom. The first-order chi connectivity index (χ1) is 33.8. The maximum absolute atomic E-state index is 14.9. The summed E-state index contributed by atoms with van der Waals surface area (Å²) in [6, 6.07) is 5.62. The van der Waals surface area contributed by atoms with Gasteiger partial charge in [0.1, 0.15) is 55.9 Å². The fraction of sp³-hybridized carbons (Fsp3) is 0.674. The number of morpholine rings is 1. The van der Waals surface area contributed by atoms with Gasteiger partial charge in [-0.3, -0.25) is 38.4 Å². The minimum atomic E-state index is -2.67. The summed E-state index contributed by atoms with van der Waals surface area (Å²) in [6.45, 7) is 12.1. The lowest BCUT2D eigenvalue weighted by molar-refractivity contribution is -0.374. The smallest absolute Gasteiger partial charge is 0.338 e. The second-order valence-electron chi connectivity index (χ2n) is 18.7. The van der Waals surface area contributed by atoms with Gasteiger partial charge in [-0.2, -0.15) is 0 Å². The van der Waals surface area contributed by atoms with E-state index in [0.29, 0.717) is 6.04 Å². The van der Waals surface area contributed by atoms with Crippen molar-refractivity contribution in [3.05, 3.63) is 35.9 Å². The molecule has 26 heteroatoms. The van der Waals surface area contributed by atoms with E-state index in [4.69, 9.17) is 61.6 Å². The van der Waals surface area contributed by atoms with Crippen LogP contribution in [0.25, 0.3) is 0 Å². The number of nitrogens with one attached hydrogen (secondary N) is 2. The summed E-state index contributed by atoms with van der Waals surface area (Å²) in [4.78, 5) is 116. The highest BCUT2D eigenvalue weighted by Crippen LogP contribution is 2.43. The third-order valence-electron chi connectivity index (χ3n) is 11.5. The number of ether oxygens (including phenoxy) is 13. The minimum absolute atomic E-state index is 0.157. The molecule has 1 aromatic rings. The Balaban J connectivity index is 1.58. The number of hydrogen-bond acceptors (Lipinski definition) is 23. The standard InChI is InChI=1S/C46H64N2O23Si/c1-22(49)47-34-30(63-25(4)52)18-46(70-39(34)37(65-27(6)54)32(64-26(5)53)20-60-23(2)50)45(58)48-35-40(71-46)38(66-28(7)55)33(21-61-24(3)51)68-43(35)67-31-19-62-44(59-16-17-72(8,9)10)41(36(31)56)69-42(57)29-14-12-11-13-15-29/h11-15,30-41,43-44,56H,16-21H2,1-10H3,(H,47,49)(H,48,58)/t30-,31-,32-,33-,34+,35-,36+,37-,38+,39+,40-,41-,43-,44-,46-/m1/s1. The zero-order valence-electron chi connectivity index (χ0n) is 41.6. The highest BCUT2D eigenvalue weighted by Gasteiger charge is 2.65. The van der Waals surface area contributed by atoms with Crippen molar-refractivity contribution in [2.45, 2.75) is 172 Å². The zero-order chi connectivity index (χ0) is 53.2. The van der Waals surface area contributed by atoms with Crippen molar-refractivity contribution >= 4 is 61.7 Å². The molecule has 400 valence electrons. The van der Waals surface area contributed by atoms with Crippen molar-refractivity contribution in [2.24, 2.45) is 0 Å². The molecule has 4 aliphatic rings. The quantitative estimate of drug-likeness (QED) is 0.0941. The highest BCUT2D eigenvalue weighted by atomic mass is 28.3. The van der Waals surface area contributed by atoms with Gasteiger partial charge in [-0.1, -0.05) is 37.8 Å². The van der Waals surface area contributed by atoms with E-state index in [1.807, 2.05) is 0 Å².